The third kappa shape index (κ3) is 5.12. The molecule has 0 bridgehead atoms. The molecule has 28 heavy (non-hydrogen) atoms. The number of carbonyl (C=O) groups excluding carboxylic acids is 2. The highest BCUT2D eigenvalue weighted by atomic mass is 35.5. The fourth-order valence-electron chi connectivity index (χ4n) is 3.57. The minimum Gasteiger partial charge on any atom is -0.484 e. The molecule has 0 aromatic heterocycles. The Hall–Kier alpha value is -2.37. The van der Waals surface area contributed by atoms with Gasteiger partial charge in [0.1, 0.15) is 5.75 Å². The molecule has 1 saturated heterocycles. The van der Waals surface area contributed by atoms with Crippen LogP contribution in [0.15, 0.2) is 54.6 Å². The topological polar surface area (TPSA) is 72.6 Å². The Labute approximate surface area is 172 Å². The molecule has 0 radical (unpaired) electrons. The van der Waals surface area contributed by atoms with E-state index >= 15 is 0 Å². The van der Waals surface area contributed by atoms with E-state index in [1.54, 1.807) is 24.3 Å². The number of nitrogens with two attached hydrogens (primary N) is 1. The molecule has 1 fully saturated rings. The summed E-state index contributed by atoms with van der Waals surface area (Å²) in [6.07, 6.45) is 0.471. The molecule has 0 aliphatic carbocycles. The van der Waals surface area contributed by atoms with Crippen LogP contribution in [0.25, 0.3) is 0 Å². The molecule has 5 nitrogen and oxygen atoms in total. The largest absolute Gasteiger partial charge is 0.484 e. The number of nitrogens with zero attached hydrogens (tertiary/aromatic N) is 1. The SMILES string of the molecule is CCC(=O)c1ccc(OCC(=O)N2C[C@@H](CN)[C@H](c3ccccc3)C2)cc1.Cl. The van der Waals surface area contributed by atoms with Gasteiger partial charge in [-0.2, -0.15) is 0 Å². The van der Waals surface area contributed by atoms with Crippen molar-refractivity contribution in [1.82, 2.24) is 4.90 Å². The molecule has 3 rings (SSSR count). The lowest BCUT2D eigenvalue weighted by molar-refractivity contribution is -0.132. The zero-order chi connectivity index (χ0) is 19.2. The van der Waals surface area contributed by atoms with Crippen LogP contribution in [0.2, 0.25) is 0 Å². The quantitative estimate of drug-likeness (QED) is 0.721. The summed E-state index contributed by atoms with van der Waals surface area (Å²) in [5.41, 5.74) is 7.82. The lowest BCUT2D eigenvalue weighted by Gasteiger charge is -2.17. The predicted molar refractivity (Wildman–Crippen MR) is 112 cm³/mol. The van der Waals surface area contributed by atoms with Crippen LogP contribution in [-0.4, -0.2) is 42.8 Å². The first kappa shape index (κ1) is 21.9. The summed E-state index contributed by atoms with van der Waals surface area (Å²) in [5, 5.41) is 0. The van der Waals surface area contributed by atoms with Crippen molar-refractivity contribution in [2.24, 2.45) is 11.7 Å². The fourth-order valence-corrected chi connectivity index (χ4v) is 3.57. The molecule has 0 spiro atoms. The number of amides is 1. The molecule has 1 amide bonds. The van der Waals surface area contributed by atoms with E-state index in [2.05, 4.69) is 12.1 Å². The Morgan fingerprint density at radius 2 is 1.75 bits per heavy atom. The van der Waals surface area contributed by atoms with E-state index in [0.717, 1.165) is 0 Å². The van der Waals surface area contributed by atoms with E-state index in [-0.39, 0.29) is 42.5 Å². The van der Waals surface area contributed by atoms with Gasteiger partial charge in [0.25, 0.3) is 5.91 Å². The molecule has 150 valence electrons. The Kier molecular flexibility index (Phi) is 8.03. The van der Waals surface area contributed by atoms with Crippen molar-refractivity contribution >= 4 is 24.1 Å². The second-order valence-corrected chi connectivity index (χ2v) is 6.90. The molecule has 2 aromatic carbocycles. The number of Topliss-reactive ketones (excluding diaryl/α,β-unsaturated/α-hetero) is 1. The number of ether oxygens (including phenoxy) is 1. The Morgan fingerprint density at radius 3 is 2.36 bits per heavy atom. The van der Waals surface area contributed by atoms with Crippen molar-refractivity contribution in [3.63, 3.8) is 0 Å². The summed E-state index contributed by atoms with van der Waals surface area (Å²) >= 11 is 0. The average Bonchev–Trinajstić information content (AvgIpc) is 3.17. The molecular weight excluding hydrogens is 376 g/mol. The van der Waals surface area contributed by atoms with Crippen LogP contribution in [0.5, 0.6) is 5.75 Å². The summed E-state index contributed by atoms with van der Waals surface area (Å²) in [4.78, 5) is 26.1. The highest BCUT2D eigenvalue weighted by molar-refractivity contribution is 5.95. The van der Waals surface area contributed by atoms with E-state index < -0.39 is 0 Å². The van der Waals surface area contributed by atoms with Gasteiger partial charge in [-0.1, -0.05) is 37.3 Å². The number of rotatable bonds is 7. The van der Waals surface area contributed by atoms with Crippen LogP contribution in [0.3, 0.4) is 0 Å². The van der Waals surface area contributed by atoms with Crippen LogP contribution >= 0.6 is 12.4 Å². The van der Waals surface area contributed by atoms with Crippen molar-refractivity contribution in [3.8, 4) is 5.75 Å². The molecule has 1 heterocycles. The second-order valence-electron chi connectivity index (χ2n) is 6.90. The van der Waals surface area contributed by atoms with Crippen molar-refractivity contribution in [3.05, 3.63) is 65.7 Å². The molecular formula is C22H27ClN2O3. The van der Waals surface area contributed by atoms with Crippen LogP contribution in [0.4, 0.5) is 0 Å². The minimum atomic E-state index is -0.0411. The van der Waals surface area contributed by atoms with E-state index in [9.17, 15) is 9.59 Å². The van der Waals surface area contributed by atoms with Gasteiger partial charge in [-0.3, -0.25) is 9.59 Å². The Balaban J connectivity index is 0.00000280. The maximum atomic E-state index is 12.6. The van der Waals surface area contributed by atoms with Crippen LogP contribution in [-0.2, 0) is 4.79 Å². The smallest absolute Gasteiger partial charge is 0.260 e. The highest BCUT2D eigenvalue weighted by Crippen LogP contribution is 2.32. The number of hydrogen-bond acceptors (Lipinski definition) is 4. The number of hydrogen-bond donors (Lipinski definition) is 1. The van der Waals surface area contributed by atoms with Crippen molar-refractivity contribution in [2.75, 3.05) is 26.2 Å². The van der Waals surface area contributed by atoms with Gasteiger partial charge >= 0.3 is 0 Å². The molecule has 6 heteroatoms. The zero-order valence-electron chi connectivity index (χ0n) is 16.0. The average molecular weight is 403 g/mol. The van der Waals surface area contributed by atoms with Gasteiger partial charge in [-0.15, -0.1) is 12.4 Å². The summed E-state index contributed by atoms with van der Waals surface area (Å²) in [6, 6.07) is 17.1. The van der Waals surface area contributed by atoms with Gasteiger partial charge in [0.05, 0.1) is 0 Å². The van der Waals surface area contributed by atoms with E-state index in [4.69, 9.17) is 10.5 Å². The van der Waals surface area contributed by atoms with Crippen LogP contribution in [0.1, 0.15) is 35.2 Å². The van der Waals surface area contributed by atoms with Gasteiger partial charge in [0.15, 0.2) is 12.4 Å². The number of benzene rings is 2. The molecule has 1 aliphatic heterocycles. The van der Waals surface area contributed by atoms with Crippen molar-refractivity contribution < 1.29 is 14.3 Å². The van der Waals surface area contributed by atoms with Gasteiger partial charge in [0.2, 0.25) is 0 Å². The van der Waals surface area contributed by atoms with Crippen LogP contribution in [0, 0.1) is 5.92 Å². The van der Waals surface area contributed by atoms with E-state index in [0.29, 0.717) is 37.4 Å². The first-order valence-corrected chi connectivity index (χ1v) is 9.41. The van der Waals surface area contributed by atoms with Crippen molar-refractivity contribution in [2.45, 2.75) is 19.3 Å². The lowest BCUT2D eigenvalue weighted by atomic mass is 9.89. The molecule has 0 unspecified atom stereocenters. The third-order valence-electron chi connectivity index (χ3n) is 5.18. The summed E-state index contributed by atoms with van der Waals surface area (Å²) in [7, 11) is 0. The molecule has 2 aromatic rings. The number of halogens is 1. The molecule has 1 aliphatic rings. The second kappa shape index (κ2) is 10.2. The maximum absolute atomic E-state index is 12.6. The summed E-state index contributed by atoms with van der Waals surface area (Å²) in [5.74, 6) is 1.16. The first-order valence-electron chi connectivity index (χ1n) is 9.41. The number of likely N-dealkylation sites (tertiary alicyclic amines) is 1. The number of carbonyl (C=O) groups is 2. The minimum absolute atomic E-state index is 0. The Bertz CT molecular complexity index is 780. The van der Waals surface area contributed by atoms with Gasteiger partial charge in [-0.05, 0) is 42.3 Å². The van der Waals surface area contributed by atoms with E-state index in [1.807, 2.05) is 30.0 Å². The lowest BCUT2D eigenvalue weighted by Crippen LogP contribution is -2.33. The van der Waals surface area contributed by atoms with Gasteiger partial charge in [-0.25, -0.2) is 0 Å². The first-order chi connectivity index (χ1) is 13.1. The number of ketones is 1. The van der Waals surface area contributed by atoms with Gasteiger partial charge in [0, 0.05) is 31.0 Å². The Morgan fingerprint density at radius 1 is 1.07 bits per heavy atom. The monoisotopic (exact) mass is 402 g/mol. The third-order valence-corrected chi connectivity index (χ3v) is 5.18. The molecule has 0 saturated carbocycles. The molecule has 2 N–H and O–H groups in total. The predicted octanol–water partition coefficient (Wildman–Crippen LogP) is 3.28. The molecule has 2 atom stereocenters. The summed E-state index contributed by atoms with van der Waals surface area (Å²) < 4.78 is 5.62. The van der Waals surface area contributed by atoms with Crippen molar-refractivity contribution in [1.29, 1.82) is 0 Å². The standard InChI is InChI=1S/C22H26N2O3.ClH/c1-2-21(25)17-8-10-19(11-9-17)27-15-22(26)24-13-18(12-23)20(14-24)16-6-4-3-5-7-16;/h3-11,18,20H,2,12-15,23H2,1H3;1H/t18-,20+;/m1./s1. The fraction of sp³-hybridized carbons (Fsp3) is 0.364. The highest BCUT2D eigenvalue weighted by Gasteiger charge is 2.35. The summed E-state index contributed by atoms with van der Waals surface area (Å²) in [6.45, 7) is 3.69. The zero-order valence-corrected chi connectivity index (χ0v) is 16.9. The van der Waals surface area contributed by atoms with Gasteiger partial charge < -0.3 is 15.4 Å². The maximum Gasteiger partial charge on any atom is 0.260 e. The normalized spacial score (nSPS) is 18.4. The van der Waals surface area contributed by atoms with Crippen LogP contribution < -0.4 is 10.5 Å². The van der Waals surface area contributed by atoms with E-state index in [1.165, 1.54) is 5.56 Å².